The first-order chi connectivity index (χ1) is 9.72. The van der Waals surface area contributed by atoms with Gasteiger partial charge in [0.2, 0.25) is 5.91 Å². The van der Waals surface area contributed by atoms with Gasteiger partial charge in [-0.3, -0.25) is 14.6 Å². The van der Waals surface area contributed by atoms with Gasteiger partial charge in [-0.15, -0.1) is 37.2 Å². The van der Waals surface area contributed by atoms with Gasteiger partial charge in [0.15, 0.2) is 0 Å². The molecule has 1 amide bonds. The molecule has 1 aliphatic carbocycles. The number of nitrogens with two attached hydrogens (primary N) is 1. The van der Waals surface area contributed by atoms with Crippen molar-refractivity contribution >= 4 is 43.1 Å². The Morgan fingerprint density at radius 2 is 1.43 bits per heavy atom. The standard InChI is InChI=1S/C15H28N4O.3ClH/c16-13-4-6-17(7-5-13)12-15(20)19-10-8-18(9-11-19)14-2-1-3-14;;;/h13-14H,1-12,16H2;3*1H. The van der Waals surface area contributed by atoms with Gasteiger partial charge in [0.25, 0.3) is 0 Å². The predicted molar refractivity (Wildman–Crippen MR) is 101 cm³/mol. The largest absolute Gasteiger partial charge is 0.339 e. The number of piperazine rings is 1. The van der Waals surface area contributed by atoms with Crippen LogP contribution in [0.2, 0.25) is 0 Å². The molecule has 2 N–H and O–H groups in total. The zero-order chi connectivity index (χ0) is 13.9. The molecule has 3 aliphatic rings. The quantitative estimate of drug-likeness (QED) is 0.792. The summed E-state index contributed by atoms with van der Waals surface area (Å²) in [7, 11) is 0. The highest BCUT2D eigenvalue weighted by molar-refractivity contribution is 5.86. The average Bonchev–Trinajstić information content (AvgIpc) is 2.40. The van der Waals surface area contributed by atoms with E-state index in [0.29, 0.717) is 18.5 Å². The first kappa shape index (κ1) is 23.2. The van der Waals surface area contributed by atoms with Crippen LogP contribution in [0.4, 0.5) is 0 Å². The highest BCUT2D eigenvalue weighted by Crippen LogP contribution is 2.25. The summed E-state index contributed by atoms with van der Waals surface area (Å²) >= 11 is 0. The molecule has 2 saturated heterocycles. The summed E-state index contributed by atoms with van der Waals surface area (Å²) < 4.78 is 0. The first-order valence-corrected chi connectivity index (χ1v) is 8.22. The summed E-state index contributed by atoms with van der Waals surface area (Å²) in [5.41, 5.74) is 5.91. The number of piperidine rings is 1. The smallest absolute Gasteiger partial charge is 0.236 e. The monoisotopic (exact) mass is 388 g/mol. The summed E-state index contributed by atoms with van der Waals surface area (Å²) in [5.74, 6) is 0.314. The van der Waals surface area contributed by atoms with Crippen LogP contribution in [0.1, 0.15) is 32.1 Å². The van der Waals surface area contributed by atoms with Crippen molar-refractivity contribution in [2.24, 2.45) is 5.73 Å². The van der Waals surface area contributed by atoms with E-state index in [4.69, 9.17) is 5.73 Å². The van der Waals surface area contributed by atoms with Crippen LogP contribution in [0.15, 0.2) is 0 Å². The van der Waals surface area contributed by atoms with Crippen molar-refractivity contribution in [1.29, 1.82) is 0 Å². The van der Waals surface area contributed by atoms with Gasteiger partial charge in [-0.25, -0.2) is 0 Å². The molecule has 0 aromatic carbocycles. The number of nitrogens with zero attached hydrogens (tertiary/aromatic N) is 3. The Hall–Kier alpha value is 0.220. The maximum Gasteiger partial charge on any atom is 0.236 e. The Balaban J connectivity index is 0.00000161. The number of likely N-dealkylation sites (tertiary alicyclic amines) is 1. The average molecular weight is 390 g/mol. The van der Waals surface area contributed by atoms with Gasteiger partial charge in [-0.05, 0) is 25.7 Å². The van der Waals surface area contributed by atoms with Gasteiger partial charge >= 0.3 is 0 Å². The van der Waals surface area contributed by atoms with Crippen LogP contribution < -0.4 is 5.73 Å². The van der Waals surface area contributed by atoms with E-state index >= 15 is 0 Å². The Morgan fingerprint density at radius 1 is 0.870 bits per heavy atom. The Bertz CT molecular complexity index is 342. The molecule has 5 nitrogen and oxygen atoms in total. The molecule has 2 heterocycles. The van der Waals surface area contributed by atoms with Crippen LogP contribution in [0.25, 0.3) is 0 Å². The number of rotatable bonds is 3. The molecule has 0 aromatic rings. The summed E-state index contributed by atoms with van der Waals surface area (Å²) in [5, 5.41) is 0. The van der Waals surface area contributed by atoms with E-state index in [1.165, 1.54) is 19.3 Å². The Kier molecular flexibility index (Phi) is 11.1. The van der Waals surface area contributed by atoms with E-state index in [-0.39, 0.29) is 37.2 Å². The Labute approximate surface area is 158 Å². The highest BCUT2D eigenvalue weighted by atomic mass is 35.5. The zero-order valence-electron chi connectivity index (χ0n) is 13.7. The summed E-state index contributed by atoms with van der Waals surface area (Å²) in [6, 6.07) is 1.16. The third-order valence-corrected chi connectivity index (χ3v) is 5.25. The van der Waals surface area contributed by atoms with Crippen LogP contribution in [0.5, 0.6) is 0 Å². The van der Waals surface area contributed by atoms with Gasteiger partial charge in [0.1, 0.15) is 0 Å². The van der Waals surface area contributed by atoms with Gasteiger partial charge < -0.3 is 10.6 Å². The van der Waals surface area contributed by atoms with Crippen LogP contribution in [0, 0.1) is 0 Å². The molecular formula is C15H31Cl3N4O. The van der Waals surface area contributed by atoms with E-state index < -0.39 is 0 Å². The minimum atomic E-state index is 0. The molecule has 0 radical (unpaired) electrons. The molecule has 0 bridgehead atoms. The lowest BCUT2D eigenvalue weighted by atomic mass is 9.91. The maximum absolute atomic E-state index is 12.3. The molecule has 8 heteroatoms. The summed E-state index contributed by atoms with van der Waals surface area (Å²) in [6.07, 6.45) is 6.18. The van der Waals surface area contributed by atoms with E-state index in [1.54, 1.807) is 0 Å². The van der Waals surface area contributed by atoms with E-state index in [2.05, 4.69) is 14.7 Å². The van der Waals surface area contributed by atoms with Crippen LogP contribution >= 0.6 is 37.2 Å². The Morgan fingerprint density at radius 3 is 1.91 bits per heavy atom. The molecule has 138 valence electrons. The van der Waals surface area contributed by atoms with Crippen molar-refractivity contribution in [1.82, 2.24) is 14.7 Å². The molecule has 1 saturated carbocycles. The molecular weight excluding hydrogens is 359 g/mol. The first-order valence-electron chi connectivity index (χ1n) is 8.22. The SMILES string of the molecule is Cl.Cl.Cl.NC1CCN(CC(=O)N2CCN(C3CCC3)CC2)CC1. The third-order valence-electron chi connectivity index (χ3n) is 5.25. The number of hydrogen-bond donors (Lipinski definition) is 1. The van der Waals surface area contributed by atoms with Gasteiger partial charge in [0.05, 0.1) is 6.54 Å². The lowest BCUT2D eigenvalue weighted by molar-refractivity contribution is -0.135. The number of hydrogen-bond acceptors (Lipinski definition) is 4. The number of carbonyl (C=O) groups is 1. The lowest BCUT2D eigenvalue weighted by Gasteiger charge is -2.43. The van der Waals surface area contributed by atoms with E-state index in [0.717, 1.165) is 58.2 Å². The predicted octanol–water partition coefficient (Wildman–Crippen LogP) is 1.37. The molecule has 23 heavy (non-hydrogen) atoms. The molecule has 0 atom stereocenters. The van der Waals surface area contributed by atoms with Crippen molar-refractivity contribution in [3.8, 4) is 0 Å². The number of carbonyl (C=O) groups excluding carboxylic acids is 1. The fourth-order valence-electron chi connectivity index (χ4n) is 3.49. The second-order valence-corrected chi connectivity index (χ2v) is 6.62. The molecule has 3 rings (SSSR count). The van der Waals surface area contributed by atoms with E-state index in [1.807, 2.05) is 0 Å². The topological polar surface area (TPSA) is 52.8 Å². The summed E-state index contributed by atoms with van der Waals surface area (Å²) in [4.78, 5) is 19.2. The van der Waals surface area contributed by atoms with Crippen LogP contribution in [0.3, 0.4) is 0 Å². The fraction of sp³-hybridized carbons (Fsp3) is 0.933. The fourth-order valence-corrected chi connectivity index (χ4v) is 3.49. The van der Waals surface area contributed by atoms with Crippen molar-refractivity contribution in [3.63, 3.8) is 0 Å². The number of halogens is 3. The molecule has 0 unspecified atom stereocenters. The number of amides is 1. The van der Waals surface area contributed by atoms with Crippen LogP contribution in [-0.4, -0.2) is 78.5 Å². The normalized spacial score (nSPS) is 24.0. The van der Waals surface area contributed by atoms with Crippen molar-refractivity contribution in [2.45, 2.75) is 44.2 Å². The van der Waals surface area contributed by atoms with Crippen LogP contribution in [-0.2, 0) is 4.79 Å². The van der Waals surface area contributed by atoms with Gasteiger partial charge in [-0.2, -0.15) is 0 Å². The third kappa shape index (κ3) is 6.22. The second kappa shape index (κ2) is 11.0. The van der Waals surface area contributed by atoms with Crippen molar-refractivity contribution in [3.05, 3.63) is 0 Å². The maximum atomic E-state index is 12.3. The minimum absolute atomic E-state index is 0. The minimum Gasteiger partial charge on any atom is -0.339 e. The second-order valence-electron chi connectivity index (χ2n) is 6.62. The van der Waals surface area contributed by atoms with Gasteiger partial charge in [-0.1, -0.05) is 6.42 Å². The van der Waals surface area contributed by atoms with Crippen molar-refractivity contribution < 1.29 is 4.79 Å². The molecule has 3 fully saturated rings. The highest BCUT2D eigenvalue weighted by Gasteiger charge is 2.30. The molecule has 2 aliphatic heterocycles. The molecule has 0 aromatic heterocycles. The van der Waals surface area contributed by atoms with Gasteiger partial charge in [0, 0.05) is 51.4 Å². The van der Waals surface area contributed by atoms with Crippen molar-refractivity contribution in [2.75, 3.05) is 45.8 Å². The van der Waals surface area contributed by atoms with E-state index in [9.17, 15) is 4.79 Å². The zero-order valence-corrected chi connectivity index (χ0v) is 16.1. The lowest BCUT2D eigenvalue weighted by Crippen LogP contribution is -2.55. The summed E-state index contributed by atoms with van der Waals surface area (Å²) in [6.45, 7) is 6.54. The molecule has 0 spiro atoms.